The SMILES string of the molecule is CCOc1ccc(CCCN2C(=O)/C(=C\c3ccc(SC)cc3)OC2=S)cc1. The van der Waals surface area contributed by atoms with Gasteiger partial charge in [0, 0.05) is 11.4 Å². The number of hydrogen-bond donors (Lipinski definition) is 0. The van der Waals surface area contributed by atoms with Crippen LogP contribution in [0.4, 0.5) is 0 Å². The number of carbonyl (C=O) groups is 1. The summed E-state index contributed by atoms with van der Waals surface area (Å²) in [6, 6.07) is 16.0. The summed E-state index contributed by atoms with van der Waals surface area (Å²) in [6.45, 7) is 3.16. The standard InChI is InChI=1S/C22H23NO3S2/c1-3-25-18-10-6-16(7-11-18)5-4-14-23-21(24)20(26-22(23)27)15-17-8-12-19(28-2)13-9-17/h6-13,15H,3-5,14H2,1-2H3/b20-15+. The van der Waals surface area contributed by atoms with Gasteiger partial charge < -0.3 is 9.47 Å². The van der Waals surface area contributed by atoms with Gasteiger partial charge in [-0.15, -0.1) is 11.8 Å². The van der Waals surface area contributed by atoms with Crippen molar-refractivity contribution in [1.82, 2.24) is 4.90 Å². The molecule has 0 aliphatic carbocycles. The van der Waals surface area contributed by atoms with Crippen molar-refractivity contribution in [2.75, 3.05) is 19.4 Å². The van der Waals surface area contributed by atoms with E-state index in [1.165, 1.54) is 15.4 Å². The van der Waals surface area contributed by atoms with Gasteiger partial charge in [0.2, 0.25) is 0 Å². The molecule has 1 aliphatic rings. The molecule has 6 heteroatoms. The number of rotatable bonds is 8. The van der Waals surface area contributed by atoms with Crippen molar-refractivity contribution in [1.29, 1.82) is 0 Å². The van der Waals surface area contributed by atoms with Crippen LogP contribution in [-0.2, 0) is 16.0 Å². The minimum absolute atomic E-state index is 0.175. The highest BCUT2D eigenvalue weighted by Gasteiger charge is 2.32. The molecular weight excluding hydrogens is 390 g/mol. The van der Waals surface area contributed by atoms with Crippen LogP contribution in [0.25, 0.3) is 6.08 Å². The fraction of sp³-hybridized carbons (Fsp3) is 0.273. The molecule has 4 nitrogen and oxygen atoms in total. The Hall–Kier alpha value is -2.31. The van der Waals surface area contributed by atoms with Crippen molar-refractivity contribution in [3.05, 3.63) is 65.4 Å². The zero-order valence-corrected chi connectivity index (χ0v) is 17.6. The molecule has 0 radical (unpaired) electrons. The molecule has 1 heterocycles. The number of carbonyl (C=O) groups excluding carboxylic acids is 1. The molecule has 3 rings (SSSR count). The van der Waals surface area contributed by atoms with Gasteiger partial charge in [-0.3, -0.25) is 9.69 Å². The van der Waals surface area contributed by atoms with Gasteiger partial charge >= 0.3 is 0 Å². The Bertz CT molecular complexity index is 860. The summed E-state index contributed by atoms with van der Waals surface area (Å²) < 4.78 is 11.0. The normalized spacial score (nSPS) is 15.2. The summed E-state index contributed by atoms with van der Waals surface area (Å²) in [5, 5.41) is 0.226. The molecule has 0 aromatic heterocycles. The van der Waals surface area contributed by atoms with Gasteiger partial charge in [-0.05, 0) is 79.7 Å². The maximum atomic E-state index is 12.6. The highest BCUT2D eigenvalue weighted by atomic mass is 32.2. The molecule has 2 aromatic carbocycles. The number of thioether (sulfide) groups is 1. The van der Waals surface area contributed by atoms with Crippen molar-refractivity contribution in [2.24, 2.45) is 0 Å². The van der Waals surface area contributed by atoms with Crippen molar-refractivity contribution < 1.29 is 14.3 Å². The molecule has 0 saturated carbocycles. The molecule has 1 fully saturated rings. The molecule has 0 atom stereocenters. The number of aryl methyl sites for hydroxylation is 1. The van der Waals surface area contributed by atoms with Crippen molar-refractivity contribution in [3.8, 4) is 5.75 Å². The van der Waals surface area contributed by atoms with E-state index >= 15 is 0 Å². The first kappa shape index (κ1) is 20.4. The molecule has 0 spiro atoms. The Morgan fingerprint density at radius 2 is 1.86 bits per heavy atom. The summed E-state index contributed by atoms with van der Waals surface area (Å²) in [4.78, 5) is 15.3. The maximum absolute atomic E-state index is 12.6. The molecule has 0 bridgehead atoms. The predicted octanol–water partition coefficient (Wildman–Crippen LogP) is 4.92. The minimum Gasteiger partial charge on any atom is -0.494 e. The minimum atomic E-state index is -0.175. The average Bonchev–Trinajstić information content (AvgIpc) is 2.97. The van der Waals surface area contributed by atoms with E-state index in [0.29, 0.717) is 13.2 Å². The van der Waals surface area contributed by atoms with Crippen LogP contribution in [0.3, 0.4) is 0 Å². The molecule has 146 valence electrons. The highest BCUT2D eigenvalue weighted by Crippen LogP contribution is 2.22. The van der Waals surface area contributed by atoms with Gasteiger partial charge in [-0.25, -0.2) is 0 Å². The Balaban J connectivity index is 1.56. The monoisotopic (exact) mass is 413 g/mol. The second kappa shape index (κ2) is 9.75. The Labute approximate surface area is 175 Å². The van der Waals surface area contributed by atoms with Crippen LogP contribution in [0, 0.1) is 0 Å². The Morgan fingerprint density at radius 1 is 1.14 bits per heavy atom. The van der Waals surface area contributed by atoms with Gasteiger partial charge in [0.05, 0.1) is 6.61 Å². The number of benzene rings is 2. The third-order valence-electron chi connectivity index (χ3n) is 4.37. The van der Waals surface area contributed by atoms with Crippen LogP contribution in [0.5, 0.6) is 5.75 Å². The average molecular weight is 414 g/mol. The van der Waals surface area contributed by atoms with E-state index in [0.717, 1.165) is 24.2 Å². The molecule has 0 unspecified atom stereocenters. The molecule has 0 N–H and O–H groups in total. The van der Waals surface area contributed by atoms with Crippen molar-refractivity contribution in [3.63, 3.8) is 0 Å². The van der Waals surface area contributed by atoms with Gasteiger partial charge in [0.25, 0.3) is 11.1 Å². The van der Waals surface area contributed by atoms with E-state index in [1.807, 2.05) is 49.6 Å². The van der Waals surface area contributed by atoms with Crippen LogP contribution in [-0.4, -0.2) is 35.4 Å². The van der Waals surface area contributed by atoms with Crippen LogP contribution in [0.2, 0.25) is 0 Å². The van der Waals surface area contributed by atoms with E-state index in [2.05, 4.69) is 12.1 Å². The van der Waals surface area contributed by atoms with Gasteiger partial charge in [-0.2, -0.15) is 0 Å². The summed E-state index contributed by atoms with van der Waals surface area (Å²) in [6.07, 6.45) is 5.43. The Morgan fingerprint density at radius 3 is 2.50 bits per heavy atom. The number of thiocarbonyl (C=S) groups is 1. The first-order valence-electron chi connectivity index (χ1n) is 9.22. The molecule has 28 heavy (non-hydrogen) atoms. The van der Waals surface area contributed by atoms with E-state index in [4.69, 9.17) is 21.7 Å². The van der Waals surface area contributed by atoms with E-state index < -0.39 is 0 Å². The molecule has 2 aromatic rings. The molecular formula is C22H23NO3S2. The fourth-order valence-corrected chi connectivity index (χ4v) is 3.58. The quantitative estimate of drug-likeness (QED) is 0.349. The van der Waals surface area contributed by atoms with Crippen LogP contribution >= 0.6 is 24.0 Å². The van der Waals surface area contributed by atoms with Crippen molar-refractivity contribution >= 4 is 41.1 Å². The third-order valence-corrected chi connectivity index (χ3v) is 5.42. The number of ether oxygens (including phenoxy) is 2. The second-order valence-corrected chi connectivity index (χ2v) is 7.52. The van der Waals surface area contributed by atoms with Crippen LogP contribution < -0.4 is 4.74 Å². The summed E-state index contributed by atoms with van der Waals surface area (Å²) in [7, 11) is 0. The van der Waals surface area contributed by atoms with Gasteiger partial charge in [0.1, 0.15) is 5.75 Å². The molecule has 1 saturated heterocycles. The van der Waals surface area contributed by atoms with E-state index in [1.54, 1.807) is 17.8 Å². The zero-order chi connectivity index (χ0) is 19.9. The van der Waals surface area contributed by atoms with Gasteiger partial charge in [-0.1, -0.05) is 24.3 Å². The number of nitrogens with zero attached hydrogens (tertiary/aromatic N) is 1. The predicted molar refractivity (Wildman–Crippen MR) is 118 cm³/mol. The highest BCUT2D eigenvalue weighted by molar-refractivity contribution is 7.98. The second-order valence-electron chi connectivity index (χ2n) is 6.29. The van der Waals surface area contributed by atoms with Crippen LogP contribution in [0.1, 0.15) is 24.5 Å². The summed E-state index contributed by atoms with van der Waals surface area (Å²) in [5.74, 6) is 0.976. The zero-order valence-electron chi connectivity index (χ0n) is 16.0. The first-order valence-corrected chi connectivity index (χ1v) is 10.8. The fourth-order valence-electron chi connectivity index (χ4n) is 2.90. The number of hydrogen-bond acceptors (Lipinski definition) is 5. The molecule has 1 aliphatic heterocycles. The first-order chi connectivity index (χ1) is 13.6. The summed E-state index contributed by atoms with van der Waals surface area (Å²) >= 11 is 6.93. The summed E-state index contributed by atoms with van der Waals surface area (Å²) in [5.41, 5.74) is 2.12. The third kappa shape index (κ3) is 5.14. The van der Waals surface area contributed by atoms with Crippen LogP contribution in [0.15, 0.2) is 59.2 Å². The topological polar surface area (TPSA) is 38.8 Å². The van der Waals surface area contributed by atoms with Crippen molar-refractivity contribution in [2.45, 2.75) is 24.7 Å². The van der Waals surface area contributed by atoms with Gasteiger partial charge in [0.15, 0.2) is 5.76 Å². The Kier molecular flexibility index (Phi) is 7.12. The lowest BCUT2D eigenvalue weighted by Crippen LogP contribution is -2.29. The lowest BCUT2D eigenvalue weighted by molar-refractivity contribution is -0.122. The lowest BCUT2D eigenvalue weighted by atomic mass is 10.1. The van der Waals surface area contributed by atoms with E-state index in [9.17, 15) is 4.79 Å². The van der Waals surface area contributed by atoms with E-state index in [-0.39, 0.29) is 16.8 Å². The molecule has 1 amide bonds. The smallest absolute Gasteiger partial charge is 0.297 e. The maximum Gasteiger partial charge on any atom is 0.297 e. The number of amides is 1. The largest absolute Gasteiger partial charge is 0.494 e. The lowest BCUT2D eigenvalue weighted by Gasteiger charge is -2.12.